The summed E-state index contributed by atoms with van der Waals surface area (Å²) in [5.74, 6) is 1.71. The molecule has 2 aromatic carbocycles. The number of hydrogen-bond donors (Lipinski definition) is 1. The predicted molar refractivity (Wildman–Crippen MR) is 131 cm³/mol. The van der Waals surface area contributed by atoms with Crippen molar-refractivity contribution in [2.45, 2.75) is 19.3 Å². The van der Waals surface area contributed by atoms with Crippen molar-refractivity contribution in [3.8, 4) is 29.1 Å². The van der Waals surface area contributed by atoms with Crippen LogP contribution in [0.2, 0.25) is 0 Å². The van der Waals surface area contributed by atoms with Gasteiger partial charge in [-0.3, -0.25) is 0 Å². The topological polar surface area (TPSA) is 108 Å². The Morgan fingerprint density at radius 2 is 1.94 bits per heavy atom. The number of benzene rings is 2. The van der Waals surface area contributed by atoms with E-state index in [1.165, 1.54) is 0 Å². The molecule has 0 amide bonds. The van der Waals surface area contributed by atoms with Crippen molar-refractivity contribution in [2.24, 2.45) is 12.8 Å². The van der Waals surface area contributed by atoms with E-state index in [0.717, 1.165) is 40.0 Å². The molecule has 1 atom stereocenters. The van der Waals surface area contributed by atoms with Gasteiger partial charge < -0.3 is 19.5 Å². The van der Waals surface area contributed by atoms with E-state index in [2.05, 4.69) is 22.5 Å². The fourth-order valence-electron chi connectivity index (χ4n) is 4.74. The molecule has 5 aromatic rings. The second-order valence-electron chi connectivity index (χ2n) is 8.42. The second kappa shape index (κ2) is 7.92. The maximum absolute atomic E-state index is 10.0. The summed E-state index contributed by atoms with van der Waals surface area (Å²) < 4.78 is 15.7. The van der Waals surface area contributed by atoms with Gasteiger partial charge in [0.15, 0.2) is 5.76 Å². The zero-order valence-corrected chi connectivity index (χ0v) is 19.3. The van der Waals surface area contributed by atoms with Crippen molar-refractivity contribution in [2.75, 3.05) is 0 Å². The number of para-hydroxylation sites is 1. The number of rotatable bonds is 4. The molecule has 0 saturated carbocycles. The number of aromatic nitrogens is 4. The third kappa shape index (κ3) is 3.21. The Hall–Kier alpha value is -4.77. The molecule has 0 aliphatic carbocycles. The van der Waals surface area contributed by atoms with E-state index >= 15 is 0 Å². The van der Waals surface area contributed by atoms with Crippen molar-refractivity contribution in [3.63, 3.8) is 0 Å². The molecule has 0 bridgehead atoms. The minimum absolute atomic E-state index is 0.0797. The lowest BCUT2D eigenvalue weighted by Gasteiger charge is -2.24. The average Bonchev–Trinajstić information content (AvgIpc) is 3.60. The van der Waals surface area contributed by atoms with Crippen LogP contribution in [0.25, 0.3) is 28.1 Å². The average molecular weight is 463 g/mol. The van der Waals surface area contributed by atoms with Gasteiger partial charge in [0.2, 0.25) is 11.8 Å². The molecule has 0 saturated heterocycles. The Labute approximate surface area is 201 Å². The Morgan fingerprint density at radius 3 is 2.69 bits per heavy atom. The number of aryl methyl sites for hydroxylation is 2. The van der Waals surface area contributed by atoms with Crippen LogP contribution in [0.15, 0.2) is 82.9 Å². The molecule has 4 heterocycles. The summed E-state index contributed by atoms with van der Waals surface area (Å²) in [6, 6.07) is 20.1. The molecular weight excluding hydrogens is 440 g/mol. The number of nitrogens with two attached hydrogens (primary N) is 1. The van der Waals surface area contributed by atoms with Crippen molar-refractivity contribution in [1.29, 1.82) is 5.26 Å². The third-order valence-corrected chi connectivity index (χ3v) is 6.40. The number of allylic oxidation sites excluding steroid dienone is 1. The number of nitrogens with zero attached hydrogens (tertiary/aromatic N) is 5. The number of furan rings is 1. The molecule has 35 heavy (non-hydrogen) atoms. The lowest BCUT2D eigenvalue weighted by molar-refractivity contribution is 0.358. The normalized spacial score (nSPS) is 15.2. The van der Waals surface area contributed by atoms with Gasteiger partial charge in [0.25, 0.3) is 0 Å². The minimum atomic E-state index is -0.455. The molecule has 3 aromatic heterocycles. The van der Waals surface area contributed by atoms with Crippen LogP contribution in [-0.2, 0) is 13.5 Å². The molecular formula is C27H22N6O2. The minimum Gasteiger partial charge on any atom is -0.454 e. The van der Waals surface area contributed by atoms with E-state index < -0.39 is 5.92 Å². The van der Waals surface area contributed by atoms with E-state index in [1.807, 2.05) is 60.8 Å². The Balaban J connectivity index is 1.51. The lowest BCUT2D eigenvalue weighted by Crippen LogP contribution is -2.21. The number of nitriles is 1. The maximum atomic E-state index is 10.0. The van der Waals surface area contributed by atoms with Crippen molar-refractivity contribution in [3.05, 3.63) is 95.4 Å². The molecule has 6 rings (SSSR count). The van der Waals surface area contributed by atoms with Gasteiger partial charge in [-0.2, -0.15) is 10.4 Å². The Kier molecular flexibility index (Phi) is 4.71. The van der Waals surface area contributed by atoms with Crippen LogP contribution in [0, 0.1) is 11.3 Å². The fraction of sp³-hybridized carbons (Fsp3) is 0.148. The lowest BCUT2D eigenvalue weighted by atomic mass is 9.83. The summed E-state index contributed by atoms with van der Waals surface area (Å²) in [5, 5.41) is 15.7. The predicted octanol–water partition coefficient (Wildman–Crippen LogP) is 4.80. The van der Waals surface area contributed by atoms with Gasteiger partial charge in [-0.05, 0) is 29.8 Å². The van der Waals surface area contributed by atoms with Gasteiger partial charge in [0, 0.05) is 36.9 Å². The summed E-state index contributed by atoms with van der Waals surface area (Å²) >= 11 is 0. The summed E-state index contributed by atoms with van der Waals surface area (Å²) in [5.41, 5.74) is 10.6. The highest BCUT2D eigenvalue weighted by molar-refractivity contribution is 5.83. The first-order valence-corrected chi connectivity index (χ1v) is 11.3. The van der Waals surface area contributed by atoms with Crippen molar-refractivity contribution >= 4 is 11.0 Å². The Morgan fingerprint density at radius 1 is 1.14 bits per heavy atom. The highest BCUT2D eigenvalue weighted by Gasteiger charge is 2.37. The number of ether oxygens (including phenoxy) is 1. The van der Waals surface area contributed by atoms with E-state index in [4.69, 9.17) is 20.0 Å². The van der Waals surface area contributed by atoms with Crippen LogP contribution in [0.5, 0.6) is 5.88 Å². The highest BCUT2D eigenvalue weighted by atomic mass is 16.5. The van der Waals surface area contributed by atoms with Gasteiger partial charge in [-0.15, -0.1) is 0 Å². The molecule has 0 spiro atoms. The third-order valence-electron chi connectivity index (χ3n) is 6.40. The summed E-state index contributed by atoms with van der Waals surface area (Å²) in [4.78, 5) is 4.41. The molecule has 8 heteroatoms. The fourth-order valence-corrected chi connectivity index (χ4v) is 4.74. The molecule has 0 radical (unpaired) electrons. The van der Waals surface area contributed by atoms with Crippen LogP contribution >= 0.6 is 0 Å². The van der Waals surface area contributed by atoms with Gasteiger partial charge in [0.1, 0.15) is 28.7 Å². The van der Waals surface area contributed by atoms with E-state index in [9.17, 15) is 5.26 Å². The first-order valence-electron chi connectivity index (χ1n) is 11.3. The first-order chi connectivity index (χ1) is 17.1. The van der Waals surface area contributed by atoms with Crippen molar-refractivity contribution < 1.29 is 9.15 Å². The molecule has 1 unspecified atom stereocenters. The zero-order valence-electron chi connectivity index (χ0n) is 19.3. The first kappa shape index (κ1) is 20.8. The van der Waals surface area contributed by atoms with Gasteiger partial charge in [-0.1, -0.05) is 37.3 Å². The monoisotopic (exact) mass is 462 g/mol. The van der Waals surface area contributed by atoms with Crippen LogP contribution in [-0.4, -0.2) is 19.3 Å². The number of imidazole rings is 1. The summed E-state index contributed by atoms with van der Waals surface area (Å²) in [6.07, 6.45) is 4.57. The number of hydrogen-bond acceptors (Lipinski definition) is 6. The quantitative estimate of drug-likeness (QED) is 0.411. The van der Waals surface area contributed by atoms with E-state index in [0.29, 0.717) is 22.9 Å². The van der Waals surface area contributed by atoms with Crippen molar-refractivity contribution in [1.82, 2.24) is 19.3 Å². The highest BCUT2D eigenvalue weighted by Crippen LogP contribution is 2.47. The standard InChI is InChI=1S/C27H22N6O2/c1-3-22-30-12-13-33(22)18-10-8-16(9-11-18)23-19(15-28)26(29)35-27-24(23)25(31-32(27)2)21-14-17-6-4-5-7-20(17)34-21/h4-14,23H,3,29H2,1-2H3. The Bertz CT molecular complexity index is 1610. The van der Waals surface area contributed by atoms with Gasteiger partial charge >= 0.3 is 0 Å². The van der Waals surface area contributed by atoms with Crippen LogP contribution < -0.4 is 10.5 Å². The molecule has 1 aliphatic heterocycles. The molecule has 172 valence electrons. The molecule has 0 fully saturated rings. The zero-order chi connectivity index (χ0) is 24.1. The maximum Gasteiger partial charge on any atom is 0.224 e. The smallest absolute Gasteiger partial charge is 0.224 e. The summed E-state index contributed by atoms with van der Waals surface area (Å²) in [7, 11) is 1.79. The van der Waals surface area contributed by atoms with Gasteiger partial charge in [-0.25, -0.2) is 9.67 Å². The van der Waals surface area contributed by atoms with Crippen LogP contribution in [0.3, 0.4) is 0 Å². The summed E-state index contributed by atoms with van der Waals surface area (Å²) in [6.45, 7) is 2.07. The molecule has 8 nitrogen and oxygen atoms in total. The van der Waals surface area contributed by atoms with E-state index in [1.54, 1.807) is 17.9 Å². The SMILES string of the molecule is CCc1nccn1-c1ccc(C2C(C#N)=C(N)Oc3c2c(-c2cc4ccccc4o2)nn3C)cc1. The largest absolute Gasteiger partial charge is 0.454 e. The van der Waals surface area contributed by atoms with E-state index in [-0.39, 0.29) is 5.88 Å². The van der Waals surface area contributed by atoms with Crippen LogP contribution in [0.4, 0.5) is 0 Å². The molecule has 2 N–H and O–H groups in total. The number of fused-ring (bicyclic) bond motifs is 2. The second-order valence-corrected chi connectivity index (χ2v) is 8.42. The molecule has 1 aliphatic rings. The van der Waals surface area contributed by atoms with Crippen LogP contribution in [0.1, 0.15) is 29.8 Å². The van der Waals surface area contributed by atoms with Gasteiger partial charge in [0.05, 0.1) is 11.5 Å².